The third-order valence-electron chi connectivity index (χ3n) is 4.80. The molecule has 3 atom stereocenters. The third-order valence-corrected chi connectivity index (χ3v) is 4.80. The Hall–Kier alpha value is -1.98. The van der Waals surface area contributed by atoms with Crippen molar-refractivity contribution in [3.05, 3.63) is 35.4 Å². The van der Waals surface area contributed by atoms with Crippen LogP contribution in [0.4, 0.5) is 8.78 Å². The van der Waals surface area contributed by atoms with E-state index in [0.29, 0.717) is 24.9 Å². The highest BCUT2D eigenvalue weighted by molar-refractivity contribution is 5.84. The van der Waals surface area contributed by atoms with E-state index < -0.39 is 17.6 Å². The Morgan fingerprint density at radius 2 is 2.00 bits per heavy atom. The second-order valence-electron chi connectivity index (χ2n) is 6.40. The lowest BCUT2D eigenvalue weighted by molar-refractivity contribution is -0.142. The molecule has 0 bridgehead atoms. The number of rotatable bonds is 4. The van der Waals surface area contributed by atoms with Crippen LogP contribution in [0.1, 0.15) is 43.6 Å². The molecule has 1 aromatic carbocycles. The Morgan fingerprint density at radius 1 is 1.22 bits per heavy atom. The maximum Gasteiger partial charge on any atom is 0.305 e. The van der Waals surface area contributed by atoms with E-state index in [2.05, 4.69) is 0 Å². The van der Waals surface area contributed by atoms with Crippen LogP contribution in [-0.4, -0.2) is 34.5 Å². The molecule has 1 aliphatic carbocycles. The van der Waals surface area contributed by atoms with Gasteiger partial charge in [-0.05, 0) is 49.3 Å². The van der Waals surface area contributed by atoms with Crippen LogP contribution in [0.3, 0.4) is 0 Å². The van der Waals surface area contributed by atoms with Crippen LogP contribution in [-0.2, 0) is 9.59 Å². The number of likely N-dealkylation sites (tertiary alicyclic amines) is 1. The maximum atomic E-state index is 13.3. The summed E-state index contributed by atoms with van der Waals surface area (Å²) in [5.74, 6) is -3.08. The summed E-state index contributed by atoms with van der Waals surface area (Å²) >= 11 is 0. The molecule has 2 aliphatic rings. The molecule has 1 heterocycles. The lowest BCUT2D eigenvalue weighted by Gasteiger charge is -2.35. The first-order valence-corrected chi connectivity index (χ1v) is 7.94. The predicted molar refractivity (Wildman–Crippen MR) is 78.8 cm³/mol. The van der Waals surface area contributed by atoms with E-state index in [-0.39, 0.29) is 30.2 Å². The highest BCUT2D eigenvalue weighted by atomic mass is 19.2. The molecule has 0 unspecified atom stereocenters. The van der Waals surface area contributed by atoms with Crippen molar-refractivity contribution >= 4 is 11.9 Å². The number of carboxylic acids is 1. The molecule has 23 heavy (non-hydrogen) atoms. The zero-order chi connectivity index (χ0) is 16.6. The van der Waals surface area contributed by atoms with E-state index in [1.807, 2.05) is 0 Å². The average Bonchev–Trinajstić information content (AvgIpc) is 3.30. The Morgan fingerprint density at radius 3 is 2.70 bits per heavy atom. The van der Waals surface area contributed by atoms with E-state index in [9.17, 15) is 18.4 Å². The minimum Gasteiger partial charge on any atom is -0.481 e. The maximum absolute atomic E-state index is 13.3. The van der Waals surface area contributed by atoms with E-state index in [0.717, 1.165) is 25.0 Å². The summed E-state index contributed by atoms with van der Waals surface area (Å²) in [6.07, 6.45) is 3.10. The number of carbonyl (C=O) groups excluding carboxylic acids is 1. The van der Waals surface area contributed by atoms with E-state index in [1.165, 1.54) is 6.07 Å². The largest absolute Gasteiger partial charge is 0.481 e. The molecule has 0 aromatic heterocycles. The summed E-state index contributed by atoms with van der Waals surface area (Å²) in [4.78, 5) is 25.3. The Kier molecular flexibility index (Phi) is 4.33. The van der Waals surface area contributed by atoms with Gasteiger partial charge in [-0.25, -0.2) is 8.78 Å². The topological polar surface area (TPSA) is 57.6 Å². The smallest absolute Gasteiger partial charge is 0.305 e. The van der Waals surface area contributed by atoms with Gasteiger partial charge in [-0.1, -0.05) is 6.07 Å². The lowest BCUT2D eigenvalue weighted by atomic mass is 9.98. The molecular formula is C17H19F2NO3. The number of amides is 1. The van der Waals surface area contributed by atoms with Gasteiger partial charge in [0.05, 0.1) is 6.42 Å². The van der Waals surface area contributed by atoms with Gasteiger partial charge in [0.1, 0.15) is 0 Å². The summed E-state index contributed by atoms with van der Waals surface area (Å²) in [5.41, 5.74) is 0.633. The van der Waals surface area contributed by atoms with Crippen molar-refractivity contribution < 1.29 is 23.5 Å². The fraction of sp³-hybridized carbons (Fsp3) is 0.529. The number of halogens is 2. The fourth-order valence-corrected chi connectivity index (χ4v) is 3.50. The predicted octanol–water partition coefficient (Wildman–Crippen LogP) is 2.92. The molecule has 124 valence electrons. The van der Waals surface area contributed by atoms with Crippen molar-refractivity contribution in [3.8, 4) is 0 Å². The first kappa shape index (κ1) is 15.9. The van der Waals surface area contributed by atoms with Gasteiger partial charge in [0.2, 0.25) is 5.91 Å². The standard InChI is InChI=1S/C17H19F2NO3/c18-14-5-4-10(7-15(14)19)12-9-13(12)17(23)20-6-2-1-3-11(20)8-16(21)22/h4-5,7,11-13H,1-3,6,8-9H2,(H,21,22)/t11-,12-,13+/m0/s1. The number of hydrogen-bond donors (Lipinski definition) is 1. The average molecular weight is 323 g/mol. The van der Waals surface area contributed by atoms with Crippen molar-refractivity contribution in [2.75, 3.05) is 6.54 Å². The zero-order valence-electron chi connectivity index (χ0n) is 12.7. The molecule has 1 aliphatic heterocycles. The number of hydrogen-bond acceptors (Lipinski definition) is 2. The van der Waals surface area contributed by atoms with E-state index in [4.69, 9.17) is 5.11 Å². The van der Waals surface area contributed by atoms with E-state index >= 15 is 0 Å². The van der Waals surface area contributed by atoms with Crippen LogP contribution >= 0.6 is 0 Å². The second-order valence-corrected chi connectivity index (χ2v) is 6.40. The number of piperidine rings is 1. The Bertz CT molecular complexity index is 634. The van der Waals surface area contributed by atoms with Gasteiger partial charge in [0, 0.05) is 18.5 Å². The van der Waals surface area contributed by atoms with Crippen molar-refractivity contribution in [2.45, 2.75) is 44.1 Å². The number of nitrogens with zero attached hydrogens (tertiary/aromatic N) is 1. The van der Waals surface area contributed by atoms with Gasteiger partial charge < -0.3 is 10.0 Å². The monoisotopic (exact) mass is 323 g/mol. The van der Waals surface area contributed by atoms with Gasteiger partial charge in [-0.15, -0.1) is 0 Å². The van der Waals surface area contributed by atoms with Crippen LogP contribution < -0.4 is 0 Å². The van der Waals surface area contributed by atoms with E-state index in [1.54, 1.807) is 4.90 Å². The molecule has 1 aromatic rings. The molecule has 6 heteroatoms. The molecular weight excluding hydrogens is 304 g/mol. The number of carboxylic acid groups (broad SMARTS) is 1. The molecule has 4 nitrogen and oxygen atoms in total. The van der Waals surface area contributed by atoms with Gasteiger partial charge >= 0.3 is 5.97 Å². The zero-order valence-corrected chi connectivity index (χ0v) is 12.7. The van der Waals surface area contributed by atoms with Gasteiger partial charge in [-0.3, -0.25) is 9.59 Å². The summed E-state index contributed by atoms with van der Waals surface area (Å²) in [5, 5.41) is 8.99. The first-order valence-electron chi connectivity index (χ1n) is 7.94. The van der Waals surface area contributed by atoms with Crippen molar-refractivity contribution in [1.82, 2.24) is 4.90 Å². The minimum atomic E-state index is -0.901. The molecule has 1 N–H and O–H groups in total. The van der Waals surface area contributed by atoms with Crippen molar-refractivity contribution in [1.29, 1.82) is 0 Å². The lowest BCUT2D eigenvalue weighted by Crippen LogP contribution is -2.45. The SMILES string of the molecule is O=C(O)C[C@@H]1CCCCN1C(=O)[C@@H]1C[C@H]1c1ccc(F)c(F)c1. The van der Waals surface area contributed by atoms with Crippen LogP contribution in [0, 0.1) is 17.6 Å². The third kappa shape index (κ3) is 3.35. The molecule has 1 saturated heterocycles. The Labute approximate surface area is 133 Å². The second kappa shape index (κ2) is 6.26. The number of benzene rings is 1. The van der Waals surface area contributed by atoms with Gasteiger partial charge in [0.25, 0.3) is 0 Å². The summed E-state index contributed by atoms with van der Waals surface area (Å²) < 4.78 is 26.3. The Balaban J connectivity index is 1.68. The first-order chi connectivity index (χ1) is 11.0. The molecule has 0 radical (unpaired) electrons. The molecule has 1 saturated carbocycles. The molecule has 3 rings (SSSR count). The summed E-state index contributed by atoms with van der Waals surface area (Å²) in [7, 11) is 0. The van der Waals surface area contributed by atoms with Crippen molar-refractivity contribution in [3.63, 3.8) is 0 Å². The fourth-order valence-electron chi connectivity index (χ4n) is 3.50. The highest BCUT2D eigenvalue weighted by Gasteiger charge is 2.47. The number of carbonyl (C=O) groups is 2. The van der Waals surface area contributed by atoms with Crippen LogP contribution in [0.25, 0.3) is 0 Å². The van der Waals surface area contributed by atoms with Crippen LogP contribution in [0.2, 0.25) is 0 Å². The van der Waals surface area contributed by atoms with Crippen LogP contribution in [0.15, 0.2) is 18.2 Å². The van der Waals surface area contributed by atoms with Gasteiger partial charge in [0.15, 0.2) is 11.6 Å². The molecule has 0 spiro atoms. The summed E-state index contributed by atoms with van der Waals surface area (Å²) in [6.45, 7) is 0.581. The normalized spacial score (nSPS) is 26.9. The molecule has 2 fully saturated rings. The molecule has 1 amide bonds. The number of aliphatic carboxylic acids is 1. The highest BCUT2D eigenvalue weighted by Crippen LogP contribution is 2.49. The van der Waals surface area contributed by atoms with Crippen LogP contribution in [0.5, 0.6) is 0 Å². The van der Waals surface area contributed by atoms with Crippen molar-refractivity contribution in [2.24, 2.45) is 5.92 Å². The minimum absolute atomic E-state index is 0.0334. The quantitative estimate of drug-likeness (QED) is 0.927. The van der Waals surface area contributed by atoms with Gasteiger partial charge in [-0.2, -0.15) is 0 Å². The summed E-state index contributed by atoms with van der Waals surface area (Å²) in [6, 6.07) is 3.50.